The molecule has 0 radical (unpaired) electrons. The fourth-order valence-electron chi connectivity index (χ4n) is 1.44. The van der Waals surface area contributed by atoms with Crippen LogP contribution in [0.5, 0.6) is 0 Å². The largest absolute Gasteiger partial charge is 0.750 e. The Hall–Kier alpha value is -1.81. The number of carbonyl (C=O) groups is 2. The van der Waals surface area contributed by atoms with E-state index in [-0.39, 0.29) is 24.4 Å². The predicted octanol–water partition coefficient (Wildman–Crippen LogP) is 0.0292. The molecule has 1 unspecified atom stereocenters. The zero-order valence-electron chi connectivity index (χ0n) is 10.5. The molecule has 0 saturated carbocycles. The summed E-state index contributed by atoms with van der Waals surface area (Å²) in [6, 6.07) is 4.00. The number of hydrogen-bond acceptors (Lipinski definition) is 7. The van der Waals surface area contributed by atoms with Gasteiger partial charge in [0.1, 0.15) is 6.73 Å². The maximum absolute atomic E-state index is 11.4. The van der Waals surface area contributed by atoms with Crippen LogP contribution in [-0.4, -0.2) is 39.6 Å². The molecule has 0 saturated heterocycles. The van der Waals surface area contributed by atoms with Gasteiger partial charge in [-0.15, -0.1) is 0 Å². The van der Waals surface area contributed by atoms with Gasteiger partial charge in [0.05, 0.1) is 29.6 Å². The van der Waals surface area contributed by atoms with E-state index in [1.807, 2.05) is 0 Å². The minimum absolute atomic E-state index is 0.0713. The third kappa shape index (κ3) is 5.05. The predicted molar refractivity (Wildman–Crippen MR) is 66.5 cm³/mol. The van der Waals surface area contributed by atoms with Gasteiger partial charge in [-0.3, -0.25) is 9.50 Å². The average molecular weight is 302 g/mol. The minimum atomic E-state index is -2.63. The van der Waals surface area contributed by atoms with Crippen molar-refractivity contribution in [3.05, 3.63) is 34.9 Å². The van der Waals surface area contributed by atoms with Crippen LogP contribution in [0, 0.1) is 0 Å². The van der Waals surface area contributed by atoms with Gasteiger partial charge in [-0.2, -0.15) is 0 Å². The lowest BCUT2D eigenvalue weighted by Crippen LogP contribution is -2.19. The Bertz CT molecular complexity index is 532. The van der Waals surface area contributed by atoms with E-state index in [1.165, 1.54) is 25.3 Å². The molecule has 0 spiro atoms. The van der Waals surface area contributed by atoms with Crippen LogP contribution in [0.4, 0.5) is 0 Å². The van der Waals surface area contributed by atoms with Crippen LogP contribution >= 0.6 is 0 Å². The van der Waals surface area contributed by atoms with Gasteiger partial charge in [-0.1, -0.05) is 0 Å². The Morgan fingerprint density at radius 2 is 2.00 bits per heavy atom. The normalized spacial score (nSPS) is 11.9. The maximum atomic E-state index is 11.4. The summed E-state index contributed by atoms with van der Waals surface area (Å²) >= 11 is -2.63. The number of ether oxygens (including phenoxy) is 1. The number of nitrogens with one attached hydrogen (secondary N) is 1. The first-order chi connectivity index (χ1) is 9.43. The number of carbonyl (C=O) groups excluding carboxylic acids is 1. The number of hydrogen-bond donors (Lipinski definition) is 2. The summed E-state index contributed by atoms with van der Waals surface area (Å²) in [6.07, 6.45) is 0. The van der Waals surface area contributed by atoms with Crippen LogP contribution in [0.25, 0.3) is 0 Å². The molecule has 1 rings (SSSR count). The van der Waals surface area contributed by atoms with Gasteiger partial charge in [0.25, 0.3) is 0 Å². The summed E-state index contributed by atoms with van der Waals surface area (Å²) in [5.74, 6) is -1.85. The topological polar surface area (TPSA) is 125 Å². The molecule has 0 aliphatic heterocycles. The van der Waals surface area contributed by atoms with Crippen molar-refractivity contribution in [1.82, 2.24) is 5.32 Å². The lowest BCUT2D eigenvalue weighted by Gasteiger charge is -2.09. The molecule has 20 heavy (non-hydrogen) atoms. The van der Waals surface area contributed by atoms with E-state index < -0.39 is 23.3 Å². The Balaban J connectivity index is 2.83. The van der Waals surface area contributed by atoms with E-state index in [1.54, 1.807) is 0 Å². The van der Waals surface area contributed by atoms with Crippen molar-refractivity contribution in [2.45, 2.75) is 6.54 Å². The van der Waals surface area contributed by atoms with Gasteiger partial charge < -0.3 is 14.4 Å². The number of carboxylic acid groups (broad SMARTS) is 1. The number of esters is 1. The Morgan fingerprint density at radius 3 is 2.55 bits per heavy atom. The van der Waals surface area contributed by atoms with Crippen molar-refractivity contribution < 1.29 is 32.4 Å². The average Bonchev–Trinajstić information content (AvgIpc) is 2.42. The number of methoxy groups -OCH3 is 1. The molecule has 1 aromatic carbocycles. The molecule has 0 amide bonds. The quantitative estimate of drug-likeness (QED) is 0.313. The van der Waals surface area contributed by atoms with Crippen molar-refractivity contribution >= 4 is 23.3 Å². The van der Waals surface area contributed by atoms with Crippen LogP contribution in [0.15, 0.2) is 18.2 Å². The van der Waals surface area contributed by atoms with E-state index in [4.69, 9.17) is 5.11 Å². The zero-order chi connectivity index (χ0) is 15.1. The summed E-state index contributed by atoms with van der Waals surface area (Å²) in [6.45, 7) is -0.136. The molecule has 0 aromatic heterocycles. The zero-order valence-corrected chi connectivity index (χ0v) is 11.3. The highest BCUT2D eigenvalue weighted by Gasteiger charge is 2.12. The molecule has 0 aliphatic rings. The highest BCUT2D eigenvalue weighted by Crippen LogP contribution is 2.12. The van der Waals surface area contributed by atoms with E-state index >= 15 is 0 Å². The highest BCUT2D eigenvalue weighted by atomic mass is 32.2. The fourth-order valence-corrected chi connectivity index (χ4v) is 1.62. The second kappa shape index (κ2) is 7.70. The van der Waals surface area contributed by atoms with Gasteiger partial charge in [-0.05, 0) is 23.8 Å². The molecule has 0 aliphatic carbocycles. The second-order valence-electron chi connectivity index (χ2n) is 3.61. The first-order valence-electron chi connectivity index (χ1n) is 5.33. The fraction of sp³-hybridized carbons (Fsp3) is 0.273. The van der Waals surface area contributed by atoms with Crippen molar-refractivity contribution in [1.29, 1.82) is 0 Å². The first-order valence-corrected chi connectivity index (χ1v) is 6.33. The molecule has 0 heterocycles. The standard InChI is InChI=1S/C11H13NO7S/c1-18-11(15)9-3-7(2-8(4-9)10(13)14)5-12-6-19-20(16)17/h2-4,12H,5-6H2,1H3,(H,13,14)(H,16,17)/p-1. The maximum Gasteiger partial charge on any atom is 0.337 e. The molecule has 1 aromatic rings. The molecular weight excluding hydrogens is 290 g/mol. The Kier molecular flexibility index (Phi) is 6.25. The molecule has 8 nitrogen and oxygen atoms in total. The van der Waals surface area contributed by atoms with Crippen molar-refractivity contribution in [3.63, 3.8) is 0 Å². The van der Waals surface area contributed by atoms with E-state index in [0.717, 1.165) is 0 Å². The molecule has 110 valence electrons. The molecule has 9 heteroatoms. The smallest absolute Gasteiger partial charge is 0.337 e. The van der Waals surface area contributed by atoms with E-state index in [2.05, 4.69) is 14.2 Å². The lowest BCUT2D eigenvalue weighted by molar-refractivity contribution is 0.0600. The third-order valence-electron chi connectivity index (χ3n) is 2.25. The SMILES string of the molecule is COC(=O)c1cc(CNCOS(=O)[O-])cc(C(=O)O)c1. The van der Waals surface area contributed by atoms with Gasteiger partial charge in [0.15, 0.2) is 0 Å². The van der Waals surface area contributed by atoms with Crippen molar-refractivity contribution in [2.24, 2.45) is 0 Å². The monoisotopic (exact) mass is 302 g/mol. The highest BCUT2D eigenvalue weighted by molar-refractivity contribution is 7.74. The number of benzene rings is 1. The van der Waals surface area contributed by atoms with Gasteiger partial charge in [0.2, 0.25) is 0 Å². The molecule has 0 bridgehead atoms. The van der Waals surface area contributed by atoms with Crippen molar-refractivity contribution in [2.75, 3.05) is 13.8 Å². The van der Waals surface area contributed by atoms with Gasteiger partial charge in [-0.25, -0.2) is 13.8 Å². The molecule has 1 atom stereocenters. The summed E-state index contributed by atoms with van der Waals surface area (Å²) in [7, 11) is 1.19. The second-order valence-corrected chi connectivity index (χ2v) is 4.25. The van der Waals surface area contributed by atoms with Crippen LogP contribution in [-0.2, 0) is 26.8 Å². The van der Waals surface area contributed by atoms with Gasteiger partial charge >= 0.3 is 11.9 Å². The summed E-state index contributed by atoms with van der Waals surface area (Å²) < 4.78 is 29.0. The lowest BCUT2D eigenvalue weighted by atomic mass is 10.1. The number of rotatable bonds is 7. The van der Waals surface area contributed by atoms with E-state index in [9.17, 15) is 18.4 Å². The molecular formula is C11H12NO7S-. The third-order valence-corrected chi connectivity index (χ3v) is 2.56. The van der Waals surface area contributed by atoms with Gasteiger partial charge in [0, 0.05) is 6.54 Å². The van der Waals surface area contributed by atoms with Crippen molar-refractivity contribution in [3.8, 4) is 0 Å². The first kappa shape index (κ1) is 16.2. The Morgan fingerprint density at radius 1 is 1.35 bits per heavy atom. The summed E-state index contributed by atoms with van der Waals surface area (Å²) in [5.41, 5.74) is 0.501. The van der Waals surface area contributed by atoms with Crippen LogP contribution in [0.3, 0.4) is 0 Å². The summed E-state index contributed by atoms with van der Waals surface area (Å²) in [4.78, 5) is 22.4. The Labute approximate surface area is 117 Å². The van der Waals surface area contributed by atoms with E-state index in [0.29, 0.717) is 5.56 Å². The summed E-state index contributed by atoms with van der Waals surface area (Å²) in [5, 5.41) is 11.6. The molecule has 0 fully saturated rings. The molecule has 2 N–H and O–H groups in total. The minimum Gasteiger partial charge on any atom is -0.750 e. The van der Waals surface area contributed by atoms with Crippen LogP contribution in [0.1, 0.15) is 26.3 Å². The number of carboxylic acids is 1. The van der Waals surface area contributed by atoms with Crippen LogP contribution < -0.4 is 5.32 Å². The number of aromatic carboxylic acids is 1. The van der Waals surface area contributed by atoms with Crippen LogP contribution in [0.2, 0.25) is 0 Å².